The fourth-order valence-corrected chi connectivity index (χ4v) is 6.16. The zero-order valence-corrected chi connectivity index (χ0v) is 19.4. The van der Waals surface area contributed by atoms with Crippen LogP contribution in [0.2, 0.25) is 0 Å². The lowest BCUT2D eigenvalue weighted by molar-refractivity contribution is 0.174. The Morgan fingerprint density at radius 2 is 1.79 bits per heavy atom. The molecule has 8 heteroatoms. The van der Waals surface area contributed by atoms with E-state index in [4.69, 9.17) is 9.47 Å². The summed E-state index contributed by atoms with van der Waals surface area (Å²) in [6.07, 6.45) is 5.13. The quantitative estimate of drug-likeness (QED) is 0.548. The van der Waals surface area contributed by atoms with Gasteiger partial charge in [-0.3, -0.25) is 14.2 Å². The molecule has 0 unspecified atom stereocenters. The van der Waals surface area contributed by atoms with Crippen LogP contribution >= 0.6 is 0 Å². The summed E-state index contributed by atoms with van der Waals surface area (Å²) in [6, 6.07) is 16.3. The molecule has 3 heterocycles. The van der Waals surface area contributed by atoms with Gasteiger partial charge in [0.25, 0.3) is 10.0 Å². The summed E-state index contributed by atoms with van der Waals surface area (Å²) in [5.41, 5.74) is 2.79. The molecule has 2 aliphatic rings. The normalized spacial score (nSPS) is 16.6. The molecule has 172 valence electrons. The number of benzene rings is 2. The van der Waals surface area contributed by atoms with E-state index in [2.05, 4.69) is 16.0 Å². The van der Waals surface area contributed by atoms with E-state index in [1.165, 1.54) is 0 Å². The van der Waals surface area contributed by atoms with Crippen molar-refractivity contribution in [3.05, 3.63) is 78.1 Å². The van der Waals surface area contributed by atoms with Crippen LogP contribution < -0.4 is 13.8 Å². The Labute approximate surface area is 194 Å². The van der Waals surface area contributed by atoms with E-state index in [-0.39, 0.29) is 12.8 Å². The van der Waals surface area contributed by atoms with Crippen LogP contribution in [0.1, 0.15) is 24.0 Å². The van der Waals surface area contributed by atoms with Crippen molar-refractivity contribution in [1.82, 2.24) is 9.88 Å². The molecular weight excluding hydrogens is 438 g/mol. The third-order valence-electron chi connectivity index (χ3n) is 6.21. The molecule has 7 nitrogen and oxygen atoms in total. The maximum absolute atomic E-state index is 13.8. The number of aromatic nitrogens is 1. The molecule has 2 aliphatic heterocycles. The molecule has 3 aromatic rings. The van der Waals surface area contributed by atoms with Gasteiger partial charge in [0.2, 0.25) is 6.79 Å². The standard InChI is InChI=1S/C25H27N3O4S/c1-19-4-7-23(8-5-19)33(29,30)28(22-6-9-24-25(15-22)32-18-31-24)21-10-13-27(14-11-21)17-20-3-2-12-26-16-20/h2-9,12,15-16,21H,10-11,13-14,17-18H2,1H3. The molecule has 0 spiro atoms. The van der Waals surface area contributed by atoms with E-state index in [1.54, 1.807) is 40.8 Å². The molecule has 33 heavy (non-hydrogen) atoms. The van der Waals surface area contributed by atoms with Gasteiger partial charge < -0.3 is 9.47 Å². The molecule has 0 atom stereocenters. The SMILES string of the molecule is Cc1ccc(S(=O)(=O)N(c2ccc3c(c2)OCO3)C2CCN(Cc3cccnc3)CC2)cc1. The Hall–Kier alpha value is -3.10. The predicted octanol–water partition coefficient (Wildman–Crippen LogP) is 3.98. The largest absolute Gasteiger partial charge is 0.454 e. The number of fused-ring (bicyclic) bond motifs is 1. The number of hydrogen-bond acceptors (Lipinski definition) is 6. The molecule has 0 amide bonds. The number of anilines is 1. The third kappa shape index (κ3) is 4.54. The average molecular weight is 466 g/mol. The van der Waals surface area contributed by atoms with Gasteiger partial charge in [0.15, 0.2) is 11.5 Å². The van der Waals surface area contributed by atoms with Gasteiger partial charge in [-0.2, -0.15) is 0 Å². The highest BCUT2D eigenvalue weighted by molar-refractivity contribution is 7.92. The van der Waals surface area contributed by atoms with Crippen molar-refractivity contribution in [2.75, 3.05) is 24.2 Å². The second kappa shape index (κ2) is 9.03. The molecule has 0 aliphatic carbocycles. The molecule has 1 saturated heterocycles. The number of rotatable bonds is 6. The van der Waals surface area contributed by atoms with Crippen LogP contribution in [0.15, 0.2) is 71.9 Å². The molecular formula is C25H27N3O4S. The van der Waals surface area contributed by atoms with Crippen LogP contribution in [0.25, 0.3) is 0 Å². The summed E-state index contributed by atoms with van der Waals surface area (Å²) in [5.74, 6) is 1.21. The van der Waals surface area contributed by atoms with Crippen molar-refractivity contribution in [1.29, 1.82) is 0 Å². The monoisotopic (exact) mass is 465 g/mol. The lowest BCUT2D eigenvalue weighted by Crippen LogP contribution is -2.47. The number of ether oxygens (including phenoxy) is 2. The fraction of sp³-hybridized carbons (Fsp3) is 0.320. The molecule has 0 saturated carbocycles. The number of sulfonamides is 1. The van der Waals surface area contributed by atoms with Crippen molar-refractivity contribution < 1.29 is 17.9 Å². The summed E-state index contributed by atoms with van der Waals surface area (Å²) in [6.45, 7) is 4.53. The Kier molecular flexibility index (Phi) is 5.95. The zero-order chi connectivity index (χ0) is 22.8. The van der Waals surface area contributed by atoms with Crippen LogP contribution in [0.3, 0.4) is 0 Å². The predicted molar refractivity (Wildman–Crippen MR) is 126 cm³/mol. The Bertz CT molecular complexity index is 1210. The van der Waals surface area contributed by atoms with Crippen molar-refractivity contribution >= 4 is 15.7 Å². The number of aryl methyl sites for hydroxylation is 1. The summed E-state index contributed by atoms with van der Waals surface area (Å²) in [4.78, 5) is 6.84. The van der Waals surface area contributed by atoms with Crippen molar-refractivity contribution in [3.63, 3.8) is 0 Å². The zero-order valence-electron chi connectivity index (χ0n) is 18.6. The van der Waals surface area contributed by atoms with Crippen molar-refractivity contribution in [3.8, 4) is 11.5 Å². The minimum Gasteiger partial charge on any atom is -0.454 e. The summed E-state index contributed by atoms with van der Waals surface area (Å²) in [7, 11) is -3.76. The molecule has 1 aromatic heterocycles. The van der Waals surface area contributed by atoms with Gasteiger partial charge in [0.1, 0.15) is 0 Å². The Balaban J connectivity index is 1.43. The highest BCUT2D eigenvalue weighted by Gasteiger charge is 2.35. The van der Waals surface area contributed by atoms with E-state index in [9.17, 15) is 8.42 Å². The topological polar surface area (TPSA) is 72.0 Å². The van der Waals surface area contributed by atoms with Crippen molar-refractivity contribution in [2.45, 2.75) is 37.2 Å². The minimum absolute atomic E-state index is 0.149. The van der Waals surface area contributed by atoms with E-state index in [0.717, 1.165) is 43.6 Å². The molecule has 5 rings (SSSR count). The average Bonchev–Trinajstić information content (AvgIpc) is 3.29. The van der Waals surface area contributed by atoms with Gasteiger partial charge in [-0.1, -0.05) is 23.8 Å². The molecule has 0 radical (unpaired) electrons. The van der Waals surface area contributed by atoms with Crippen LogP contribution in [-0.2, 0) is 16.6 Å². The minimum atomic E-state index is -3.76. The van der Waals surface area contributed by atoms with Gasteiger partial charge >= 0.3 is 0 Å². The van der Waals surface area contributed by atoms with E-state index in [0.29, 0.717) is 22.1 Å². The molecule has 0 bridgehead atoms. The van der Waals surface area contributed by atoms with Gasteiger partial charge in [-0.05, 0) is 55.7 Å². The van der Waals surface area contributed by atoms with E-state index >= 15 is 0 Å². The smallest absolute Gasteiger partial charge is 0.264 e. The number of hydrogen-bond donors (Lipinski definition) is 0. The first-order valence-corrected chi connectivity index (χ1v) is 12.6. The summed E-state index contributed by atoms with van der Waals surface area (Å²) < 4.78 is 40.2. The maximum Gasteiger partial charge on any atom is 0.264 e. The van der Waals surface area contributed by atoms with E-state index in [1.807, 2.05) is 31.3 Å². The van der Waals surface area contributed by atoms with Crippen LogP contribution in [-0.4, -0.2) is 44.2 Å². The maximum atomic E-state index is 13.8. The number of likely N-dealkylation sites (tertiary alicyclic amines) is 1. The first-order valence-electron chi connectivity index (χ1n) is 11.1. The Morgan fingerprint density at radius 1 is 1.03 bits per heavy atom. The van der Waals surface area contributed by atoms with Gasteiger partial charge in [0, 0.05) is 44.1 Å². The highest BCUT2D eigenvalue weighted by atomic mass is 32.2. The fourth-order valence-electron chi connectivity index (χ4n) is 4.45. The second-order valence-corrected chi connectivity index (χ2v) is 10.3. The lowest BCUT2D eigenvalue weighted by atomic mass is 10.0. The van der Waals surface area contributed by atoms with Crippen molar-refractivity contribution in [2.24, 2.45) is 0 Å². The summed E-state index contributed by atoms with van der Waals surface area (Å²) in [5, 5.41) is 0. The number of nitrogens with zero attached hydrogens (tertiary/aromatic N) is 3. The lowest BCUT2D eigenvalue weighted by Gasteiger charge is -2.39. The first kappa shape index (κ1) is 21.7. The molecule has 2 aromatic carbocycles. The van der Waals surface area contributed by atoms with Gasteiger partial charge in [0.05, 0.1) is 10.6 Å². The molecule has 1 fully saturated rings. The number of pyridine rings is 1. The van der Waals surface area contributed by atoms with E-state index < -0.39 is 10.0 Å². The van der Waals surface area contributed by atoms with Gasteiger partial charge in [-0.25, -0.2) is 8.42 Å². The van der Waals surface area contributed by atoms with Gasteiger partial charge in [-0.15, -0.1) is 0 Å². The Morgan fingerprint density at radius 3 is 2.52 bits per heavy atom. The van der Waals surface area contributed by atoms with Crippen LogP contribution in [0.5, 0.6) is 11.5 Å². The first-order chi connectivity index (χ1) is 16.0. The van der Waals surface area contributed by atoms with Crippen LogP contribution in [0.4, 0.5) is 5.69 Å². The second-order valence-electron chi connectivity index (χ2n) is 8.52. The highest BCUT2D eigenvalue weighted by Crippen LogP contribution is 2.39. The third-order valence-corrected chi connectivity index (χ3v) is 8.10. The molecule has 0 N–H and O–H groups in total. The summed E-state index contributed by atoms with van der Waals surface area (Å²) >= 11 is 0. The number of piperidine rings is 1. The van der Waals surface area contributed by atoms with Crippen LogP contribution in [0, 0.1) is 6.92 Å².